The molecule has 0 spiro atoms. The number of piperazine rings is 1. The van der Waals surface area contributed by atoms with Crippen LogP contribution in [0.4, 0.5) is 0 Å². The highest BCUT2D eigenvalue weighted by atomic mass is 15.3. The minimum absolute atomic E-state index is 0.689. The molecule has 1 atom stereocenters. The fraction of sp³-hybridized carbons (Fsp3) is 0.667. The topological polar surface area (TPSA) is 6.48 Å². The molecule has 0 N–H and O–H groups in total. The van der Waals surface area contributed by atoms with E-state index in [2.05, 4.69) is 61.8 Å². The highest BCUT2D eigenvalue weighted by molar-refractivity contribution is 5.23. The zero-order valence-corrected chi connectivity index (χ0v) is 13.6. The number of hydrogen-bond acceptors (Lipinski definition) is 2. The number of benzene rings is 1. The predicted octanol–water partition coefficient (Wildman–Crippen LogP) is 3.41. The van der Waals surface area contributed by atoms with E-state index in [0.717, 1.165) is 18.9 Å². The van der Waals surface area contributed by atoms with Gasteiger partial charge in [0, 0.05) is 32.2 Å². The monoisotopic (exact) mass is 274 g/mol. The molecule has 0 aromatic heterocycles. The smallest absolute Gasteiger partial charge is 0.0250 e. The molecule has 20 heavy (non-hydrogen) atoms. The van der Waals surface area contributed by atoms with E-state index >= 15 is 0 Å². The standard InChI is InChI=1S/C18H30N2/c1-5-16-8-7-9-17(12-16)13-20-11-10-19(6-2)14-18(20)15(3)4/h7-9,12,15,18H,5-6,10-11,13-14H2,1-4H3. The summed E-state index contributed by atoms with van der Waals surface area (Å²) in [6.07, 6.45) is 1.13. The first-order valence-electron chi connectivity index (χ1n) is 8.18. The Morgan fingerprint density at radius 2 is 1.90 bits per heavy atom. The van der Waals surface area contributed by atoms with Crippen molar-refractivity contribution in [3.05, 3.63) is 35.4 Å². The number of likely N-dealkylation sites (N-methyl/N-ethyl adjacent to an activating group) is 1. The second-order valence-corrected chi connectivity index (χ2v) is 6.35. The van der Waals surface area contributed by atoms with Gasteiger partial charge in [-0.2, -0.15) is 0 Å². The van der Waals surface area contributed by atoms with Crippen molar-refractivity contribution in [2.75, 3.05) is 26.2 Å². The maximum atomic E-state index is 2.69. The van der Waals surface area contributed by atoms with Crippen molar-refractivity contribution in [2.45, 2.75) is 46.7 Å². The Morgan fingerprint density at radius 3 is 2.55 bits per heavy atom. The third-order valence-electron chi connectivity index (χ3n) is 4.62. The van der Waals surface area contributed by atoms with Gasteiger partial charge in [0.05, 0.1) is 0 Å². The van der Waals surface area contributed by atoms with E-state index in [1.165, 1.54) is 37.3 Å². The van der Waals surface area contributed by atoms with Gasteiger partial charge in [-0.15, -0.1) is 0 Å². The molecule has 2 heteroatoms. The molecule has 1 aliphatic heterocycles. The van der Waals surface area contributed by atoms with Gasteiger partial charge in [-0.25, -0.2) is 0 Å². The summed E-state index contributed by atoms with van der Waals surface area (Å²) in [5.41, 5.74) is 2.93. The number of nitrogens with zero attached hydrogens (tertiary/aromatic N) is 2. The Bertz CT molecular complexity index is 414. The normalized spacial score (nSPS) is 21.6. The molecular formula is C18H30N2. The van der Waals surface area contributed by atoms with Crippen LogP contribution >= 0.6 is 0 Å². The maximum Gasteiger partial charge on any atom is 0.0250 e. The minimum atomic E-state index is 0.689. The molecule has 1 aromatic carbocycles. The van der Waals surface area contributed by atoms with Gasteiger partial charge in [0.1, 0.15) is 0 Å². The Hall–Kier alpha value is -0.860. The zero-order valence-electron chi connectivity index (χ0n) is 13.6. The SMILES string of the molecule is CCc1cccc(CN2CCN(CC)CC2C(C)C)c1. The van der Waals surface area contributed by atoms with Gasteiger partial charge in [-0.05, 0) is 30.0 Å². The lowest BCUT2D eigenvalue weighted by Gasteiger charge is -2.43. The van der Waals surface area contributed by atoms with Crippen molar-refractivity contribution in [2.24, 2.45) is 5.92 Å². The number of aryl methyl sites for hydroxylation is 1. The van der Waals surface area contributed by atoms with E-state index in [-0.39, 0.29) is 0 Å². The van der Waals surface area contributed by atoms with Crippen molar-refractivity contribution >= 4 is 0 Å². The molecule has 112 valence electrons. The van der Waals surface area contributed by atoms with E-state index in [1.54, 1.807) is 0 Å². The second-order valence-electron chi connectivity index (χ2n) is 6.35. The van der Waals surface area contributed by atoms with Crippen LogP contribution in [0, 0.1) is 5.92 Å². The first kappa shape index (κ1) is 15.5. The molecule has 1 fully saturated rings. The largest absolute Gasteiger partial charge is 0.301 e. The van der Waals surface area contributed by atoms with E-state index in [9.17, 15) is 0 Å². The molecule has 0 saturated carbocycles. The number of hydrogen-bond donors (Lipinski definition) is 0. The highest BCUT2D eigenvalue weighted by Crippen LogP contribution is 2.20. The minimum Gasteiger partial charge on any atom is -0.301 e. The molecule has 2 rings (SSSR count). The van der Waals surface area contributed by atoms with Crippen molar-refractivity contribution in [3.8, 4) is 0 Å². The summed E-state index contributed by atoms with van der Waals surface area (Å²) in [5.74, 6) is 0.721. The second kappa shape index (κ2) is 7.24. The molecule has 0 radical (unpaired) electrons. The summed E-state index contributed by atoms with van der Waals surface area (Å²) in [6.45, 7) is 15.2. The van der Waals surface area contributed by atoms with E-state index in [4.69, 9.17) is 0 Å². The molecule has 1 unspecified atom stereocenters. The lowest BCUT2D eigenvalue weighted by Crippen LogP contribution is -2.54. The van der Waals surface area contributed by atoms with Crippen molar-refractivity contribution in [3.63, 3.8) is 0 Å². The van der Waals surface area contributed by atoms with Crippen LogP contribution in [0.25, 0.3) is 0 Å². The average Bonchev–Trinajstić information content (AvgIpc) is 2.47. The van der Waals surface area contributed by atoms with Crippen molar-refractivity contribution < 1.29 is 0 Å². The van der Waals surface area contributed by atoms with E-state index in [1.807, 2.05) is 0 Å². The predicted molar refractivity (Wildman–Crippen MR) is 87.0 cm³/mol. The fourth-order valence-electron chi connectivity index (χ4n) is 3.21. The molecule has 1 aliphatic rings. The Kier molecular flexibility index (Phi) is 5.62. The van der Waals surface area contributed by atoms with E-state index < -0.39 is 0 Å². The molecule has 1 aromatic rings. The van der Waals surface area contributed by atoms with Crippen LogP contribution < -0.4 is 0 Å². The molecule has 0 bridgehead atoms. The summed E-state index contributed by atoms with van der Waals surface area (Å²) >= 11 is 0. The Morgan fingerprint density at radius 1 is 1.15 bits per heavy atom. The average molecular weight is 274 g/mol. The summed E-state index contributed by atoms with van der Waals surface area (Å²) in [5, 5.41) is 0. The van der Waals surface area contributed by atoms with Gasteiger partial charge in [0.2, 0.25) is 0 Å². The summed E-state index contributed by atoms with van der Waals surface area (Å²) in [7, 11) is 0. The van der Waals surface area contributed by atoms with Gasteiger partial charge in [0.25, 0.3) is 0 Å². The number of rotatable bonds is 5. The fourth-order valence-corrected chi connectivity index (χ4v) is 3.21. The van der Waals surface area contributed by atoms with Gasteiger partial charge >= 0.3 is 0 Å². The Balaban J connectivity index is 2.06. The van der Waals surface area contributed by atoms with Crippen LogP contribution in [0.1, 0.15) is 38.8 Å². The molecule has 1 saturated heterocycles. The van der Waals surface area contributed by atoms with Crippen LogP contribution in [-0.2, 0) is 13.0 Å². The maximum absolute atomic E-state index is 2.69. The Labute approximate surface area is 124 Å². The van der Waals surface area contributed by atoms with Crippen LogP contribution in [0.15, 0.2) is 24.3 Å². The summed E-state index contributed by atoms with van der Waals surface area (Å²) in [6, 6.07) is 9.79. The van der Waals surface area contributed by atoms with Gasteiger partial charge < -0.3 is 4.90 Å². The van der Waals surface area contributed by atoms with Gasteiger partial charge in [-0.3, -0.25) is 4.90 Å². The van der Waals surface area contributed by atoms with Crippen LogP contribution in [0.2, 0.25) is 0 Å². The zero-order chi connectivity index (χ0) is 14.5. The van der Waals surface area contributed by atoms with Crippen LogP contribution in [0.3, 0.4) is 0 Å². The van der Waals surface area contributed by atoms with Crippen molar-refractivity contribution in [1.82, 2.24) is 9.80 Å². The van der Waals surface area contributed by atoms with Gasteiger partial charge in [0.15, 0.2) is 0 Å². The van der Waals surface area contributed by atoms with Gasteiger partial charge in [-0.1, -0.05) is 52.0 Å². The van der Waals surface area contributed by atoms with E-state index in [0.29, 0.717) is 6.04 Å². The molecule has 0 aliphatic carbocycles. The lowest BCUT2D eigenvalue weighted by molar-refractivity contribution is 0.0469. The first-order chi connectivity index (χ1) is 9.63. The highest BCUT2D eigenvalue weighted by Gasteiger charge is 2.28. The quantitative estimate of drug-likeness (QED) is 0.812. The molecule has 0 amide bonds. The third kappa shape index (κ3) is 3.83. The molecule has 2 nitrogen and oxygen atoms in total. The summed E-state index contributed by atoms with van der Waals surface area (Å²) < 4.78 is 0. The van der Waals surface area contributed by atoms with Crippen molar-refractivity contribution in [1.29, 1.82) is 0 Å². The first-order valence-corrected chi connectivity index (χ1v) is 8.18. The van der Waals surface area contributed by atoms with Crippen LogP contribution in [0.5, 0.6) is 0 Å². The molecule has 1 heterocycles. The summed E-state index contributed by atoms with van der Waals surface area (Å²) in [4.78, 5) is 5.27. The lowest BCUT2D eigenvalue weighted by atomic mass is 9.98. The van der Waals surface area contributed by atoms with Crippen LogP contribution in [-0.4, -0.2) is 42.0 Å². The third-order valence-corrected chi connectivity index (χ3v) is 4.62. The molecular weight excluding hydrogens is 244 g/mol.